The van der Waals surface area contributed by atoms with E-state index >= 15 is 0 Å². The lowest BCUT2D eigenvalue weighted by atomic mass is 10.1. The number of alkyl halides is 3. The van der Waals surface area contributed by atoms with Crippen LogP contribution in [0.2, 0.25) is 0 Å². The molecular formula is C23H27F3N4O3S. The average Bonchev–Trinajstić information content (AvgIpc) is 3.17. The number of hydrogen-bond donors (Lipinski definition) is 1. The summed E-state index contributed by atoms with van der Waals surface area (Å²) in [5.74, 6) is -1.63. The van der Waals surface area contributed by atoms with E-state index < -0.39 is 27.9 Å². The van der Waals surface area contributed by atoms with Gasteiger partial charge < -0.3 is 9.88 Å². The van der Waals surface area contributed by atoms with Gasteiger partial charge in [-0.2, -0.15) is 17.5 Å². The summed E-state index contributed by atoms with van der Waals surface area (Å²) >= 11 is 0. The third kappa shape index (κ3) is 5.41. The SMILES string of the molecule is CCc1ccc(NC(=O)CCn2c(C(F)(F)F)nc3cc(S(=O)(=O)N(CC)CC)ccc32)cc1. The molecule has 1 N–H and O–H groups in total. The van der Waals surface area contributed by atoms with Gasteiger partial charge in [0.15, 0.2) is 0 Å². The van der Waals surface area contributed by atoms with E-state index in [4.69, 9.17) is 0 Å². The van der Waals surface area contributed by atoms with Gasteiger partial charge in [-0.3, -0.25) is 4.79 Å². The van der Waals surface area contributed by atoms with Gasteiger partial charge in [-0.25, -0.2) is 13.4 Å². The maximum Gasteiger partial charge on any atom is 0.449 e. The molecule has 1 amide bonds. The number of benzene rings is 2. The molecule has 0 aliphatic carbocycles. The summed E-state index contributed by atoms with van der Waals surface area (Å²) in [6, 6.07) is 10.9. The Morgan fingerprint density at radius 2 is 1.71 bits per heavy atom. The van der Waals surface area contributed by atoms with E-state index in [0.29, 0.717) is 5.69 Å². The second kappa shape index (κ2) is 10.1. The lowest BCUT2D eigenvalue weighted by Gasteiger charge is -2.18. The van der Waals surface area contributed by atoms with Crippen molar-refractivity contribution >= 4 is 32.7 Å². The Labute approximate surface area is 196 Å². The van der Waals surface area contributed by atoms with Crippen LogP contribution in [-0.4, -0.2) is 41.3 Å². The van der Waals surface area contributed by atoms with Gasteiger partial charge in [0.05, 0.1) is 15.9 Å². The van der Waals surface area contributed by atoms with Crippen LogP contribution >= 0.6 is 0 Å². The molecule has 0 unspecified atom stereocenters. The molecule has 184 valence electrons. The Morgan fingerprint density at radius 3 is 2.26 bits per heavy atom. The maximum atomic E-state index is 13.7. The predicted molar refractivity (Wildman–Crippen MR) is 124 cm³/mol. The van der Waals surface area contributed by atoms with E-state index in [2.05, 4.69) is 10.3 Å². The normalized spacial score (nSPS) is 12.4. The van der Waals surface area contributed by atoms with Crippen LogP contribution in [-0.2, 0) is 34.0 Å². The largest absolute Gasteiger partial charge is 0.449 e. The molecule has 11 heteroatoms. The van der Waals surface area contributed by atoms with E-state index in [1.807, 2.05) is 19.1 Å². The maximum absolute atomic E-state index is 13.7. The van der Waals surface area contributed by atoms with Crippen molar-refractivity contribution in [2.45, 2.75) is 51.2 Å². The number of carbonyl (C=O) groups is 1. The third-order valence-corrected chi connectivity index (χ3v) is 7.57. The molecular weight excluding hydrogens is 469 g/mol. The molecule has 1 heterocycles. The van der Waals surface area contributed by atoms with E-state index in [-0.39, 0.29) is 42.0 Å². The van der Waals surface area contributed by atoms with Gasteiger partial charge in [-0.05, 0) is 42.3 Å². The zero-order valence-electron chi connectivity index (χ0n) is 19.2. The van der Waals surface area contributed by atoms with E-state index in [1.54, 1.807) is 26.0 Å². The molecule has 7 nitrogen and oxygen atoms in total. The molecule has 0 radical (unpaired) electrons. The first-order chi connectivity index (χ1) is 16.0. The Kier molecular flexibility index (Phi) is 7.67. The number of nitrogens with one attached hydrogen (secondary N) is 1. The molecule has 34 heavy (non-hydrogen) atoms. The molecule has 3 rings (SSSR count). The highest BCUT2D eigenvalue weighted by Crippen LogP contribution is 2.33. The standard InChI is InChI=1S/C23H27F3N4O3S/c1-4-16-7-9-17(10-8-16)27-21(31)13-14-30-20-12-11-18(34(32,33)29(5-2)6-3)15-19(20)28-22(30)23(24,25)26/h7-12,15H,4-6,13-14H2,1-3H3,(H,27,31). The molecule has 0 fully saturated rings. The van der Waals surface area contributed by atoms with Crippen LogP contribution in [0.1, 0.15) is 38.6 Å². The van der Waals surface area contributed by atoms with Crippen LogP contribution in [0.3, 0.4) is 0 Å². The molecule has 0 bridgehead atoms. The van der Waals surface area contributed by atoms with Crippen molar-refractivity contribution < 1.29 is 26.4 Å². The number of carbonyl (C=O) groups excluding carboxylic acids is 1. The summed E-state index contributed by atoms with van der Waals surface area (Å²) in [5, 5.41) is 2.68. The number of aromatic nitrogens is 2. The third-order valence-electron chi connectivity index (χ3n) is 5.52. The summed E-state index contributed by atoms with van der Waals surface area (Å²) in [6.07, 6.45) is -4.15. The molecule has 1 aromatic heterocycles. The second-order valence-corrected chi connectivity index (χ2v) is 9.61. The Morgan fingerprint density at radius 1 is 1.06 bits per heavy atom. The fourth-order valence-corrected chi connectivity index (χ4v) is 5.16. The Hall–Kier alpha value is -2.92. The summed E-state index contributed by atoms with van der Waals surface area (Å²) in [6.45, 7) is 5.55. The summed E-state index contributed by atoms with van der Waals surface area (Å²) in [4.78, 5) is 15.9. The minimum atomic E-state index is -4.77. The van der Waals surface area contributed by atoms with Crippen molar-refractivity contribution in [3.8, 4) is 0 Å². The summed E-state index contributed by atoms with van der Waals surface area (Å²) < 4.78 is 68.7. The van der Waals surface area contributed by atoms with Crippen LogP contribution in [0.15, 0.2) is 47.4 Å². The fourth-order valence-electron chi connectivity index (χ4n) is 3.69. The lowest BCUT2D eigenvalue weighted by Crippen LogP contribution is -2.30. The molecule has 0 saturated carbocycles. The predicted octanol–water partition coefficient (Wildman–Crippen LogP) is 4.68. The van der Waals surface area contributed by atoms with Gasteiger partial charge in [0.1, 0.15) is 0 Å². The van der Waals surface area contributed by atoms with Crippen molar-refractivity contribution in [1.29, 1.82) is 0 Å². The minimum absolute atomic E-state index is 0.101. The number of rotatable bonds is 9. The molecule has 0 atom stereocenters. The number of imidazole rings is 1. The number of aryl methyl sites for hydroxylation is 2. The van der Waals surface area contributed by atoms with Gasteiger partial charge in [-0.1, -0.05) is 32.9 Å². The van der Waals surface area contributed by atoms with Gasteiger partial charge in [0, 0.05) is 31.7 Å². The van der Waals surface area contributed by atoms with Gasteiger partial charge >= 0.3 is 6.18 Å². The van der Waals surface area contributed by atoms with Crippen LogP contribution in [0, 0.1) is 0 Å². The molecule has 3 aromatic rings. The number of halogens is 3. The summed E-state index contributed by atoms with van der Waals surface area (Å²) in [5.41, 5.74) is 1.65. The van der Waals surface area contributed by atoms with Gasteiger partial charge in [0.25, 0.3) is 0 Å². The second-order valence-electron chi connectivity index (χ2n) is 7.67. The highest BCUT2D eigenvalue weighted by Gasteiger charge is 2.38. The molecule has 0 saturated heterocycles. The Bertz CT molecular complexity index is 1270. The highest BCUT2D eigenvalue weighted by molar-refractivity contribution is 7.89. The topological polar surface area (TPSA) is 84.3 Å². The van der Waals surface area contributed by atoms with Crippen molar-refractivity contribution in [3.63, 3.8) is 0 Å². The van der Waals surface area contributed by atoms with Crippen LogP contribution < -0.4 is 5.32 Å². The first-order valence-electron chi connectivity index (χ1n) is 11.0. The van der Waals surface area contributed by atoms with Gasteiger partial charge in [-0.15, -0.1) is 0 Å². The first kappa shape index (κ1) is 25.7. The van der Waals surface area contributed by atoms with E-state index in [1.165, 1.54) is 16.4 Å². The number of anilines is 1. The molecule has 0 aliphatic rings. The average molecular weight is 497 g/mol. The van der Waals surface area contributed by atoms with Crippen molar-refractivity contribution in [2.24, 2.45) is 0 Å². The van der Waals surface area contributed by atoms with Crippen molar-refractivity contribution in [1.82, 2.24) is 13.9 Å². The zero-order chi connectivity index (χ0) is 25.1. The minimum Gasteiger partial charge on any atom is -0.326 e. The monoisotopic (exact) mass is 496 g/mol. The van der Waals surface area contributed by atoms with Gasteiger partial charge in [0.2, 0.25) is 21.8 Å². The molecule has 0 aliphatic heterocycles. The van der Waals surface area contributed by atoms with Crippen LogP contribution in [0.5, 0.6) is 0 Å². The summed E-state index contributed by atoms with van der Waals surface area (Å²) in [7, 11) is -3.86. The highest BCUT2D eigenvalue weighted by atomic mass is 32.2. The number of hydrogen-bond acceptors (Lipinski definition) is 4. The zero-order valence-corrected chi connectivity index (χ0v) is 20.0. The van der Waals surface area contributed by atoms with E-state index in [9.17, 15) is 26.4 Å². The lowest BCUT2D eigenvalue weighted by molar-refractivity contribution is -0.147. The number of fused-ring (bicyclic) bond motifs is 1. The van der Waals surface area contributed by atoms with E-state index in [0.717, 1.165) is 22.6 Å². The number of nitrogens with zero attached hydrogens (tertiary/aromatic N) is 3. The first-order valence-corrected chi connectivity index (χ1v) is 12.4. The number of sulfonamides is 1. The quantitative estimate of drug-likeness (QED) is 0.466. The molecule has 0 spiro atoms. The smallest absolute Gasteiger partial charge is 0.326 e. The fraction of sp³-hybridized carbons (Fsp3) is 0.391. The molecule has 2 aromatic carbocycles. The Balaban J connectivity index is 1.89. The van der Waals surface area contributed by atoms with Crippen LogP contribution in [0.25, 0.3) is 11.0 Å². The van der Waals surface area contributed by atoms with Crippen molar-refractivity contribution in [2.75, 3.05) is 18.4 Å². The van der Waals surface area contributed by atoms with Crippen molar-refractivity contribution in [3.05, 3.63) is 53.9 Å². The van der Waals surface area contributed by atoms with Crippen LogP contribution in [0.4, 0.5) is 18.9 Å². The number of amides is 1.